The van der Waals surface area contributed by atoms with E-state index in [-0.39, 0.29) is 37.7 Å². The Balaban J connectivity index is 0.00000120. The summed E-state index contributed by atoms with van der Waals surface area (Å²) < 4.78 is 1.60. The van der Waals surface area contributed by atoms with Crippen molar-refractivity contribution in [3.63, 3.8) is 0 Å². The number of aromatic nitrogens is 1. The average Bonchev–Trinajstić information content (AvgIpc) is 2.57. The van der Waals surface area contributed by atoms with Gasteiger partial charge >= 0.3 is 18.9 Å². The zero-order valence-electron chi connectivity index (χ0n) is 9.90. The molecule has 0 saturated heterocycles. The Morgan fingerprint density at radius 3 is 2.94 bits per heavy atom. The normalized spacial score (nSPS) is 13.0. The summed E-state index contributed by atoms with van der Waals surface area (Å²) in [7, 11) is 0. The molecule has 1 aliphatic rings. The van der Waals surface area contributed by atoms with Gasteiger partial charge in [0, 0.05) is 11.6 Å². The molecule has 0 spiro atoms. The topological polar surface area (TPSA) is 74.2 Å². The van der Waals surface area contributed by atoms with Crippen molar-refractivity contribution in [1.82, 2.24) is 4.57 Å². The fourth-order valence-corrected chi connectivity index (χ4v) is 2.31. The molecule has 6 heteroatoms. The zero-order valence-corrected chi connectivity index (χ0v) is 9.90. The number of carboxylic acids is 1. The van der Waals surface area contributed by atoms with Crippen LogP contribution >= 0.6 is 0 Å². The molecule has 0 fully saturated rings. The smallest absolute Gasteiger partial charge is 0.548 e. The van der Waals surface area contributed by atoms with Gasteiger partial charge in [-0.2, -0.15) is 0 Å². The predicted molar refractivity (Wildman–Crippen MR) is 59.3 cm³/mol. The minimum absolute atomic E-state index is 0. The first-order valence-corrected chi connectivity index (χ1v) is 5.25. The summed E-state index contributed by atoms with van der Waals surface area (Å²) in [5.74, 6) is -1.21. The van der Waals surface area contributed by atoms with Crippen LogP contribution in [0, 0.1) is 0 Å². The number of benzene rings is 1. The van der Waals surface area contributed by atoms with E-state index in [9.17, 15) is 14.7 Å². The Hall–Kier alpha value is -1.70. The van der Waals surface area contributed by atoms with Crippen LogP contribution in [-0.4, -0.2) is 16.4 Å². The van der Waals surface area contributed by atoms with E-state index in [0.717, 1.165) is 22.2 Å². The van der Waals surface area contributed by atoms with Gasteiger partial charge in [0.05, 0.1) is 30.1 Å². The minimum atomic E-state index is -1.14. The van der Waals surface area contributed by atoms with E-state index in [1.807, 2.05) is 12.1 Å². The maximum Gasteiger partial charge on any atom is 1.00 e. The van der Waals surface area contributed by atoms with E-state index in [0.29, 0.717) is 0 Å². The van der Waals surface area contributed by atoms with Gasteiger partial charge in [0.15, 0.2) is 0 Å². The first-order chi connectivity index (χ1) is 8.15. The molecule has 0 aliphatic carbocycles. The van der Waals surface area contributed by atoms with Crippen molar-refractivity contribution in [2.24, 2.45) is 0 Å². The molecular formula is C12H9LiN2O3. The van der Waals surface area contributed by atoms with E-state index < -0.39 is 5.97 Å². The number of hydrogen-bond acceptors (Lipinski definition) is 3. The third-order valence-electron chi connectivity index (χ3n) is 2.91. The van der Waals surface area contributed by atoms with E-state index in [2.05, 4.69) is 5.32 Å². The monoisotopic (exact) mass is 236 g/mol. The summed E-state index contributed by atoms with van der Waals surface area (Å²) in [4.78, 5) is 22.1. The van der Waals surface area contributed by atoms with Gasteiger partial charge in [-0.25, -0.2) is 0 Å². The second-order valence-corrected chi connectivity index (χ2v) is 4.08. The summed E-state index contributed by atoms with van der Waals surface area (Å²) >= 11 is 0. The molecule has 2 aromatic rings. The number of aliphatic carboxylic acids is 1. The minimum Gasteiger partial charge on any atom is -0.548 e. The Labute approximate surface area is 115 Å². The van der Waals surface area contributed by atoms with Gasteiger partial charge in [-0.05, 0) is 17.7 Å². The first kappa shape index (κ1) is 12.7. The number of rotatable bonds is 2. The predicted octanol–water partition coefficient (Wildman–Crippen LogP) is -3.11. The molecule has 0 saturated carbocycles. The quantitative estimate of drug-likeness (QED) is 0.561. The van der Waals surface area contributed by atoms with Crippen LogP contribution in [0.25, 0.3) is 10.9 Å². The molecule has 0 atom stereocenters. The Kier molecular flexibility index (Phi) is 3.20. The van der Waals surface area contributed by atoms with Gasteiger partial charge < -0.3 is 19.8 Å². The summed E-state index contributed by atoms with van der Waals surface area (Å²) in [6.07, 6.45) is 2.00. The molecule has 1 aliphatic heterocycles. The molecule has 3 rings (SSSR count). The van der Waals surface area contributed by atoms with Gasteiger partial charge in [0.2, 0.25) is 5.91 Å². The summed E-state index contributed by atoms with van der Waals surface area (Å²) in [6.45, 7) is -0.200. The van der Waals surface area contributed by atoms with Crippen molar-refractivity contribution in [2.75, 3.05) is 5.32 Å². The molecule has 0 radical (unpaired) electrons. The van der Waals surface area contributed by atoms with E-state index in [1.165, 1.54) is 0 Å². The van der Waals surface area contributed by atoms with Crippen molar-refractivity contribution in [2.45, 2.75) is 13.0 Å². The average molecular weight is 236 g/mol. The van der Waals surface area contributed by atoms with E-state index >= 15 is 0 Å². The van der Waals surface area contributed by atoms with E-state index in [4.69, 9.17) is 0 Å². The fourth-order valence-electron chi connectivity index (χ4n) is 2.31. The first-order valence-electron chi connectivity index (χ1n) is 5.25. The molecular weight excluding hydrogens is 227 g/mol. The van der Waals surface area contributed by atoms with Crippen LogP contribution < -0.4 is 29.3 Å². The number of nitrogens with one attached hydrogen (secondary N) is 1. The Bertz CT molecular complexity index is 648. The molecule has 1 N–H and O–H groups in total. The van der Waals surface area contributed by atoms with Gasteiger partial charge in [-0.15, -0.1) is 0 Å². The number of carbonyl (C=O) groups excluding carboxylic acids is 2. The SMILES string of the molecule is O=C([O-])Cn1cc2c3c(cccc31)NC(=O)C2.[Li+]. The largest absolute Gasteiger partial charge is 1.00 e. The maximum absolute atomic E-state index is 11.4. The van der Waals surface area contributed by atoms with Gasteiger partial charge in [-0.1, -0.05) is 6.07 Å². The zero-order chi connectivity index (χ0) is 12.0. The number of hydrogen-bond donors (Lipinski definition) is 1. The van der Waals surface area contributed by atoms with Crippen molar-refractivity contribution < 1.29 is 33.6 Å². The number of amides is 1. The summed E-state index contributed by atoms with van der Waals surface area (Å²) in [5.41, 5.74) is 2.41. The standard InChI is InChI=1S/C12H10N2O3.Li/c15-10-4-7-5-14(6-11(16)17)9-3-1-2-8(13-10)12(7)9;/h1-3,5H,4,6H2,(H,13,15)(H,16,17);/q;+1/p-1. The van der Waals surface area contributed by atoms with E-state index in [1.54, 1.807) is 16.8 Å². The van der Waals surface area contributed by atoms with Crippen LogP contribution in [0.1, 0.15) is 5.56 Å². The van der Waals surface area contributed by atoms with Gasteiger partial charge in [0.1, 0.15) is 0 Å². The number of anilines is 1. The van der Waals surface area contributed by atoms with Crippen LogP contribution in [0.5, 0.6) is 0 Å². The maximum atomic E-state index is 11.4. The number of nitrogens with zero attached hydrogens (tertiary/aromatic N) is 1. The van der Waals surface area contributed by atoms with Crippen molar-refractivity contribution >= 4 is 28.5 Å². The van der Waals surface area contributed by atoms with Crippen LogP contribution in [0.4, 0.5) is 5.69 Å². The fraction of sp³-hybridized carbons (Fsp3) is 0.167. The molecule has 1 aromatic heterocycles. The molecule has 0 unspecified atom stereocenters. The number of carboxylic acid groups (broad SMARTS) is 1. The van der Waals surface area contributed by atoms with Crippen molar-refractivity contribution in [3.05, 3.63) is 30.0 Å². The van der Waals surface area contributed by atoms with Crippen LogP contribution in [0.2, 0.25) is 0 Å². The third kappa shape index (κ3) is 1.92. The molecule has 1 amide bonds. The van der Waals surface area contributed by atoms with Crippen LogP contribution in [-0.2, 0) is 22.6 Å². The molecule has 18 heavy (non-hydrogen) atoms. The van der Waals surface area contributed by atoms with Crippen LogP contribution in [0.3, 0.4) is 0 Å². The second-order valence-electron chi connectivity index (χ2n) is 4.08. The Morgan fingerprint density at radius 2 is 2.22 bits per heavy atom. The second kappa shape index (κ2) is 4.52. The third-order valence-corrected chi connectivity index (χ3v) is 2.91. The van der Waals surface area contributed by atoms with Crippen LogP contribution in [0.15, 0.2) is 24.4 Å². The molecule has 5 nitrogen and oxygen atoms in total. The molecule has 86 valence electrons. The van der Waals surface area contributed by atoms with Crippen molar-refractivity contribution in [3.8, 4) is 0 Å². The molecule has 2 heterocycles. The van der Waals surface area contributed by atoms with Crippen molar-refractivity contribution in [1.29, 1.82) is 0 Å². The Morgan fingerprint density at radius 1 is 1.44 bits per heavy atom. The van der Waals surface area contributed by atoms with Gasteiger partial charge in [-0.3, -0.25) is 4.79 Å². The molecule has 1 aromatic carbocycles. The molecule has 0 bridgehead atoms. The van der Waals surface area contributed by atoms with Gasteiger partial charge in [0.25, 0.3) is 0 Å². The number of carbonyl (C=O) groups is 2. The summed E-state index contributed by atoms with van der Waals surface area (Å²) in [5, 5.41) is 14.4. The summed E-state index contributed by atoms with van der Waals surface area (Å²) in [6, 6.07) is 5.44.